The molecule has 0 radical (unpaired) electrons. The first-order valence-corrected chi connectivity index (χ1v) is 6.94. The topological polar surface area (TPSA) is 15.7 Å². The summed E-state index contributed by atoms with van der Waals surface area (Å²) in [6, 6.07) is 4.56. The summed E-state index contributed by atoms with van der Waals surface area (Å²) in [6.45, 7) is 9.91. The maximum absolute atomic E-state index is 5.47. The van der Waals surface area contributed by atoms with Crippen molar-refractivity contribution in [1.29, 1.82) is 0 Å². The van der Waals surface area contributed by atoms with Gasteiger partial charge in [-0.3, -0.25) is 4.90 Å². The van der Waals surface area contributed by atoms with Crippen molar-refractivity contribution in [3.63, 3.8) is 0 Å². The molecule has 1 aliphatic rings. The van der Waals surface area contributed by atoms with E-state index in [1.807, 2.05) is 0 Å². The van der Waals surface area contributed by atoms with Crippen molar-refractivity contribution < 1.29 is 4.74 Å². The summed E-state index contributed by atoms with van der Waals surface area (Å²) in [4.78, 5) is 4.88. The molecule has 19 heavy (non-hydrogen) atoms. The fourth-order valence-electron chi connectivity index (χ4n) is 3.19. The first-order chi connectivity index (χ1) is 8.88. The molecule has 0 N–H and O–H groups in total. The number of benzene rings is 1. The van der Waals surface area contributed by atoms with Crippen LogP contribution in [0.5, 0.6) is 5.75 Å². The van der Waals surface area contributed by atoms with E-state index in [1.165, 1.54) is 16.7 Å². The average molecular weight is 262 g/mol. The molecule has 1 aromatic carbocycles. The van der Waals surface area contributed by atoms with E-state index >= 15 is 0 Å². The van der Waals surface area contributed by atoms with Crippen molar-refractivity contribution in [3.8, 4) is 5.75 Å². The normalized spacial score (nSPS) is 25.6. The van der Waals surface area contributed by atoms with E-state index in [1.54, 1.807) is 7.11 Å². The molecule has 1 fully saturated rings. The van der Waals surface area contributed by atoms with Gasteiger partial charge in [0.25, 0.3) is 0 Å². The van der Waals surface area contributed by atoms with Crippen LogP contribution < -0.4 is 4.74 Å². The molecule has 0 aromatic heterocycles. The number of aryl methyl sites for hydroxylation is 2. The second kappa shape index (κ2) is 5.14. The van der Waals surface area contributed by atoms with Gasteiger partial charge in [0.2, 0.25) is 0 Å². The van der Waals surface area contributed by atoms with Crippen LogP contribution in [0, 0.1) is 13.8 Å². The zero-order chi connectivity index (χ0) is 14.2. The molecule has 3 heteroatoms. The van der Waals surface area contributed by atoms with E-state index in [0.29, 0.717) is 0 Å². The van der Waals surface area contributed by atoms with Gasteiger partial charge in [-0.2, -0.15) is 0 Å². The molecule has 0 aliphatic carbocycles. The minimum atomic E-state index is 0.0782. The summed E-state index contributed by atoms with van der Waals surface area (Å²) < 4.78 is 5.47. The summed E-state index contributed by atoms with van der Waals surface area (Å²) in [5.74, 6) is 1.01. The average Bonchev–Trinajstić information content (AvgIpc) is 2.34. The standard InChI is InChI=1S/C16H26N2O/c1-12-9-14(10-13(2)15(12)19-6)16(3)11-17(4)7-8-18(16)5/h9-10H,7-8,11H2,1-6H3. The van der Waals surface area contributed by atoms with Gasteiger partial charge in [-0.1, -0.05) is 12.1 Å². The Morgan fingerprint density at radius 1 is 1.11 bits per heavy atom. The Hall–Kier alpha value is -1.06. The molecule has 106 valence electrons. The molecule has 1 aromatic rings. The molecule has 0 saturated carbocycles. The maximum atomic E-state index is 5.47. The summed E-state index contributed by atoms with van der Waals surface area (Å²) in [6.07, 6.45) is 0. The fraction of sp³-hybridized carbons (Fsp3) is 0.625. The van der Waals surface area contributed by atoms with Crippen molar-refractivity contribution in [2.24, 2.45) is 0 Å². The van der Waals surface area contributed by atoms with Gasteiger partial charge in [-0.05, 0) is 51.6 Å². The molecule has 2 rings (SSSR count). The third-order valence-electron chi connectivity index (χ3n) is 4.52. The molecule has 1 unspecified atom stereocenters. The highest BCUT2D eigenvalue weighted by atomic mass is 16.5. The van der Waals surface area contributed by atoms with Crippen molar-refractivity contribution in [2.75, 3.05) is 40.8 Å². The molecular weight excluding hydrogens is 236 g/mol. The lowest BCUT2D eigenvalue weighted by atomic mass is 9.86. The minimum absolute atomic E-state index is 0.0782. The number of piperazine rings is 1. The number of rotatable bonds is 2. The molecule has 0 amide bonds. The Morgan fingerprint density at radius 3 is 2.21 bits per heavy atom. The highest BCUT2D eigenvalue weighted by Crippen LogP contribution is 2.35. The van der Waals surface area contributed by atoms with E-state index < -0.39 is 0 Å². The number of methoxy groups -OCH3 is 1. The highest BCUT2D eigenvalue weighted by molar-refractivity contribution is 5.45. The van der Waals surface area contributed by atoms with Crippen LogP contribution >= 0.6 is 0 Å². The molecule has 1 atom stereocenters. The Kier molecular flexibility index (Phi) is 3.88. The summed E-state index contributed by atoms with van der Waals surface area (Å²) in [5, 5.41) is 0. The van der Waals surface area contributed by atoms with Gasteiger partial charge in [-0.15, -0.1) is 0 Å². The number of hydrogen-bond acceptors (Lipinski definition) is 3. The van der Waals surface area contributed by atoms with Crippen LogP contribution in [0.25, 0.3) is 0 Å². The molecule has 3 nitrogen and oxygen atoms in total. The van der Waals surface area contributed by atoms with Gasteiger partial charge in [0, 0.05) is 19.6 Å². The van der Waals surface area contributed by atoms with Gasteiger partial charge in [-0.25, -0.2) is 0 Å². The quantitative estimate of drug-likeness (QED) is 0.814. The van der Waals surface area contributed by atoms with E-state index in [4.69, 9.17) is 4.74 Å². The van der Waals surface area contributed by atoms with Crippen LogP contribution in [-0.2, 0) is 5.54 Å². The molecular formula is C16H26N2O. The van der Waals surface area contributed by atoms with Crippen molar-refractivity contribution in [1.82, 2.24) is 9.80 Å². The van der Waals surface area contributed by atoms with Crippen LogP contribution in [0.1, 0.15) is 23.6 Å². The predicted octanol–water partition coefficient (Wildman–Crippen LogP) is 2.40. The predicted molar refractivity (Wildman–Crippen MR) is 79.9 cm³/mol. The van der Waals surface area contributed by atoms with Gasteiger partial charge in [0.15, 0.2) is 0 Å². The van der Waals surface area contributed by atoms with Gasteiger partial charge >= 0.3 is 0 Å². The summed E-state index contributed by atoms with van der Waals surface area (Å²) in [7, 11) is 6.17. The van der Waals surface area contributed by atoms with Crippen LogP contribution in [-0.4, -0.2) is 50.6 Å². The Balaban J connectivity index is 2.45. The SMILES string of the molecule is COc1c(C)cc(C2(C)CN(C)CCN2C)cc1C. The van der Waals surface area contributed by atoms with E-state index in [-0.39, 0.29) is 5.54 Å². The van der Waals surface area contributed by atoms with Crippen LogP contribution in [0.15, 0.2) is 12.1 Å². The molecule has 0 spiro atoms. The highest BCUT2D eigenvalue weighted by Gasteiger charge is 2.36. The van der Waals surface area contributed by atoms with Crippen LogP contribution in [0.4, 0.5) is 0 Å². The van der Waals surface area contributed by atoms with E-state index in [0.717, 1.165) is 25.4 Å². The Bertz CT molecular complexity index is 449. The number of nitrogens with zero attached hydrogens (tertiary/aromatic N) is 2. The fourth-order valence-corrected chi connectivity index (χ4v) is 3.19. The van der Waals surface area contributed by atoms with E-state index in [2.05, 4.69) is 56.8 Å². The Labute approximate surface area is 117 Å². The Morgan fingerprint density at radius 2 is 1.68 bits per heavy atom. The number of ether oxygens (including phenoxy) is 1. The van der Waals surface area contributed by atoms with E-state index in [9.17, 15) is 0 Å². The van der Waals surface area contributed by atoms with Crippen molar-refractivity contribution in [3.05, 3.63) is 28.8 Å². The zero-order valence-electron chi connectivity index (χ0n) is 13.1. The molecule has 1 saturated heterocycles. The van der Waals surface area contributed by atoms with Crippen molar-refractivity contribution >= 4 is 0 Å². The van der Waals surface area contributed by atoms with Crippen LogP contribution in [0.2, 0.25) is 0 Å². The molecule has 1 heterocycles. The summed E-state index contributed by atoms with van der Waals surface area (Å²) in [5.41, 5.74) is 3.91. The zero-order valence-corrected chi connectivity index (χ0v) is 13.1. The van der Waals surface area contributed by atoms with Gasteiger partial charge in [0.05, 0.1) is 12.6 Å². The molecule has 1 aliphatic heterocycles. The largest absolute Gasteiger partial charge is 0.496 e. The second-order valence-electron chi connectivity index (χ2n) is 6.08. The lowest BCUT2D eigenvalue weighted by Crippen LogP contribution is -2.56. The van der Waals surface area contributed by atoms with Crippen LogP contribution in [0.3, 0.4) is 0 Å². The third-order valence-corrected chi connectivity index (χ3v) is 4.52. The first-order valence-electron chi connectivity index (χ1n) is 6.94. The summed E-state index contributed by atoms with van der Waals surface area (Å²) >= 11 is 0. The van der Waals surface area contributed by atoms with Crippen molar-refractivity contribution in [2.45, 2.75) is 26.3 Å². The molecule has 0 bridgehead atoms. The number of hydrogen-bond donors (Lipinski definition) is 0. The lowest BCUT2D eigenvalue weighted by molar-refractivity contribution is 0.0378. The lowest BCUT2D eigenvalue weighted by Gasteiger charge is -2.47. The minimum Gasteiger partial charge on any atom is -0.496 e. The number of likely N-dealkylation sites (N-methyl/N-ethyl adjacent to an activating group) is 2. The second-order valence-corrected chi connectivity index (χ2v) is 6.08. The van der Waals surface area contributed by atoms with Gasteiger partial charge in [0.1, 0.15) is 5.75 Å². The van der Waals surface area contributed by atoms with Gasteiger partial charge < -0.3 is 9.64 Å². The maximum Gasteiger partial charge on any atom is 0.124 e. The smallest absolute Gasteiger partial charge is 0.124 e. The third kappa shape index (κ3) is 2.49. The first kappa shape index (κ1) is 14.4. The monoisotopic (exact) mass is 262 g/mol.